The molecule has 0 saturated heterocycles. The average molecular weight is 501 g/mol. The molecule has 5 rings (SSSR count). The topological polar surface area (TPSA) is 80.4 Å². The molecule has 2 aromatic heterocycles. The van der Waals surface area contributed by atoms with Gasteiger partial charge in [-0.1, -0.05) is 49.2 Å². The fraction of sp³-hybridized carbons (Fsp3) is 0.276. The molecule has 1 fully saturated rings. The molecule has 0 radical (unpaired) electrons. The van der Waals surface area contributed by atoms with Crippen molar-refractivity contribution in [3.05, 3.63) is 90.3 Å². The minimum Gasteiger partial charge on any atom is -0.467 e. The normalized spacial score (nSPS) is 13.6. The molecule has 2 aromatic carbocycles. The molecule has 0 atom stereocenters. The molecule has 1 aliphatic rings. The van der Waals surface area contributed by atoms with Crippen molar-refractivity contribution in [2.75, 3.05) is 11.9 Å². The first-order chi connectivity index (χ1) is 18.0. The van der Waals surface area contributed by atoms with E-state index < -0.39 is 5.91 Å². The predicted octanol–water partition coefficient (Wildman–Crippen LogP) is 5.74. The summed E-state index contributed by atoms with van der Waals surface area (Å²) >= 11 is 0. The lowest BCUT2D eigenvalue weighted by atomic mass is 10.1. The summed E-state index contributed by atoms with van der Waals surface area (Å²) in [6.45, 7) is 1.76. The molecule has 2 heterocycles. The van der Waals surface area contributed by atoms with Crippen molar-refractivity contribution < 1.29 is 18.4 Å². The highest BCUT2D eigenvalue weighted by molar-refractivity contribution is 5.94. The largest absolute Gasteiger partial charge is 0.467 e. The Hall–Kier alpha value is -4.20. The van der Waals surface area contributed by atoms with Crippen LogP contribution in [0, 0.1) is 18.7 Å². The minimum atomic E-state index is -0.392. The van der Waals surface area contributed by atoms with Gasteiger partial charge in [0.2, 0.25) is 17.8 Å². The molecule has 0 unspecified atom stereocenters. The number of carbonyl (C=O) groups is 2. The summed E-state index contributed by atoms with van der Waals surface area (Å²) in [6, 6.07) is 18.0. The third kappa shape index (κ3) is 5.63. The van der Waals surface area contributed by atoms with Gasteiger partial charge >= 0.3 is 0 Å². The van der Waals surface area contributed by atoms with Gasteiger partial charge in [-0.15, -0.1) is 0 Å². The quantitative estimate of drug-likeness (QED) is 0.335. The third-order valence-electron chi connectivity index (χ3n) is 6.74. The van der Waals surface area contributed by atoms with Crippen molar-refractivity contribution in [2.45, 2.75) is 39.2 Å². The van der Waals surface area contributed by atoms with E-state index >= 15 is 0 Å². The maximum atomic E-state index is 14.4. The van der Waals surface area contributed by atoms with E-state index in [1.54, 1.807) is 53.1 Å². The van der Waals surface area contributed by atoms with Crippen molar-refractivity contribution in [3.63, 3.8) is 0 Å². The Morgan fingerprint density at radius 2 is 1.89 bits per heavy atom. The van der Waals surface area contributed by atoms with Crippen molar-refractivity contribution >= 4 is 17.8 Å². The monoisotopic (exact) mass is 500 g/mol. The van der Waals surface area contributed by atoms with Gasteiger partial charge < -0.3 is 9.32 Å². The summed E-state index contributed by atoms with van der Waals surface area (Å²) in [6.07, 6.45) is 7.02. The highest BCUT2D eigenvalue weighted by Crippen LogP contribution is 2.28. The van der Waals surface area contributed by atoms with Crippen LogP contribution in [-0.4, -0.2) is 32.8 Å². The van der Waals surface area contributed by atoms with E-state index in [1.165, 1.54) is 6.07 Å². The summed E-state index contributed by atoms with van der Waals surface area (Å²) in [5.41, 5.74) is 2.55. The summed E-state index contributed by atoms with van der Waals surface area (Å²) in [4.78, 5) is 32.7. The van der Waals surface area contributed by atoms with Gasteiger partial charge in [-0.2, -0.15) is 0 Å². The number of anilines is 1. The Labute approximate surface area is 214 Å². The third-order valence-corrected chi connectivity index (χ3v) is 6.74. The summed E-state index contributed by atoms with van der Waals surface area (Å²) in [5.74, 6) is -0.00285. The van der Waals surface area contributed by atoms with Crippen LogP contribution in [0.3, 0.4) is 0 Å². The SMILES string of the molecule is Cc1ccc(-n2cc(-c3ccccc3)nc2NC(=O)CN(Cc2ccco2)C(=O)C2CCCC2)cc1F. The molecule has 7 nitrogen and oxygen atoms in total. The lowest BCUT2D eigenvalue weighted by Gasteiger charge is -2.24. The van der Waals surface area contributed by atoms with Crippen molar-refractivity contribution in [3.8, 4) is 16.9 Å². The van der Waals surface area contributed by atoms with Crippen molar-refractivity contribution in [1.29, 1.82) is 0 Å². The Balaban J connectivity index is 1.42. The number of benzene rings is 2. The maximum Gasteiger partial charge on any atom is 0.246 e. The molecular weight excluding hydrogens is 471 g/mol. The number of halogens is 1. The molecule has 1 N–H and O–H groups in total. The van der Waals surface area contributed by atoms with Crippen LogP contribution >= 0.6 is 0 Å². The lowest BCUT2D eigenvalue weighted by Crippen LogP contribution is -2.40. The molecule has 0 spiro atoms. The van der Waals surface area contributed by atoms with Crippen molar-refractivity contribution in [2.24, 2.45) is 5.92 Å². The average Bonchev–Trinajstić information content (AvgIpc) is 3.68. The number of amides is 2. The van der Waals surface area contributed by atoms with Gasteiger partial charge in [0.15, 0.2) is 0 Å². The molecular formula is C29H29FN4O3. The number of aryl methyl sites for hydroxylation is 1. The number of carbonyl (C=O) groups excluding carboxylic acids is 2. The van der Waals surface area contributed by atoms with Crippen LogP contribution in [0.15, 0.2) is 77.5 Å². The van der Waals surface area contributed by atoms with Crippen LogP contribution < -0.4 is 5.32 Å². The Morgan fingerprint density at radius 3 is 2.59 bits per heavy atom. The maximum absolute atomic E-state index is 14.4. The number of hydrogen-bond donors (Lipinski definition) is 1. The van der Waals surface area contributed by atoms with E-state index in [0.717, 1.165) is 31.2 Å². The molecule has 190 valence electrons. The molecule has 0 aliphatic heterocycles. The van der Waals surface area contributed by atoms with E-state index in [4.69, 9.17) is 4.42 Å². The number of hydrogen-bond acceptors (Lipinski definition) is 4. The van der Waals surface area contributed by atoms with Crippen LogP contribution in [0.25, 0.3) is 16.9 Å². The van der Waals surface area contributed by atoms with Gasteiger partial charge in [0.25, 0.3) is 0 Å². The van der Waals surface area contributed by atoms with E-state index in [2.05, 4.69) is 10.3 Å². The Morgan fingerprint density at radius 1 is 1.11 bits per heavy atom. The highest BCUT2D eigenvalue weighted by atomic mass is 19.1. The zero-order valence-corrected chi connectivity index (χ0v) is 20.7. The standard InChI is InChI=1S/C29H29FN4O3/c1-20-13-14-23(16-25(20)30)34-18-26(21-8-3-2-4-9-21)31-29(34)32-27(35)19-33(17-24-12-7-15-37-24)28(36)22-10-5-6-11-22/h2-4,7-9,12-16,18,22H,5-6,10-11,17,19H2,1H3,(H,31,32,35). The van der Waals surface area contributed by atoms with Gasteiger partial charge in [-0.3, -0.25) is 19.5 Å². The number of imidazole rings is 1. The molecule has 1 aliphatic carbocycles. The summed E-state index contributed by atoms with van der Waals surface area (Å²) in [7, 11) is 0. The lowest BCUT2D eigenvalue weighted by molar-refractivity contribution is -0.139. The number of aromatic nitrogens is 2. The first kappa shape index (κ1) is 24.5. The van der Waals surface area contributed by atoms with Gasteiger partial charge in [0.05, 0.1) is 24.2 Å². The van der Waals surface area contributed by atoms with Crippen LogP contribution in [0.2, 0.25) is 0 Å². The van der Waals surface area contributed by atoms with Crippen LogP contribution in [0.4, 0.5) is 10.3 Å². The first-order valence-electron chi connectivity index (χ1n) is 12.5. The van der Waals surface area contributed by atoms with Crippen molar-refractivity contribution in [1.82, 2.24) is 14.5 Å². The summed E-state index contributed by atoms with van der Waals surface area (Å²) in [5, 5.41) is 2.85. The van der Waals surface area contributed by atoms with E-state index in [0.29, 0.717) is 22.7 Å². The number of nitrogens with zero attached hydrogens (tertiary/aromatic N) is 3. The highest BCUT2D eigenvalue weighted by Gasteiger charge is 2.29. The fourth-order valence-electron chi connectivity index (χ4n) is 4.72. The first-order valence-corrected chi connectivity index (χ1v) is 12.5. The molecule has 2 amide bonds. The second-order valence-electron chi connectivity index (χ2n) is 9.42. The minimum absolute atomic E-state index is 0.0435. The molecule has 8 heteroatoms. The molecule has 0 bridgehead atoms. The Kier molecular flexibility index (Phi) is 7.16. The predicted molar refractivity (Wildman–Crippen MR) is 138 cm³/mol. The van der Waals surface area contributed by atoms with E-state index in [1.807, 2.05) is 30.3 Å². The number of furan rings is 1. The van der Waals surface area contributed by atoms with Gasteiger partial charge in [0.1, 0.15) is 18.1 Å². The van der Waals surface area contributed by atoms with Gasteiger partial charge in [-0.25, -0.2) is 9.37 Å². The fourth-order valence-corrected chi connectivity index (χ4v) is 4.72. The Bertz CT molecular complexity index is 1380. The smallest absolute Gasteiger partial charge is 0.246 e. The number of rotatable bonds is 8. The molecule has 37 heavy (non-hydrogen) atoms. The second kappa shape index (κ2) is 10.8. The zero-order valence-electron chi connectivity index (χ0n) is 20.7. The van der Waals surface area contributed by atoms with Gasteiger partial charge in [-0.05, 0) is 49.6 Å². The zero-order chi connectivity index (χ0) is 25.8. The molecule has 1 saturated carbocycles. The van der Waals surface area contributed by atoms with Crippen LogP contribution in [0.1, 0.15) is 37.0 Å². The van der Waals surface area contributed by atoms with Gasteiger partial charge in [0, 0.05) is 17.7 Å². The van der Waals surface area contributed by atoms with Crippen LogP contribution in [0.5, 0.6) is 0 Å². The van der Waals surface area contributed by atoms with E-state index in [-0.39, 0.29) is 36.7 Å². The molecule has 4 aromatic rings. The van der Waals surface area contributed by atoms with Crippen LogP contribution in [-0.2, 0) is 16.1 Å². The number of nitrogens with one attached hydrogen (secondary N) is 1. The summed E-state index contributed by atoms with van der Waals surface area (Å²) < 4.78 is 21.5. The second-order valence-corrected chi connectivity index (χ2v) is 9.42. The van der Waals surface area contributed by atoms with E-state index in [9.17, 15) is 14.0 Å².